The van der Waals surface area contributed by atoms with Crippen molar-refractivity contribution in [3.05, 3.63) is 53.6 Å². The Morgan fingerprint density at radius 2 is 1.88 bits per heavy atom. The van der Waals surface area contributed by atoms with E-state index in [0.717, 1.165) is 12.3 Å². The molecule has 0 atom stereocenters. The van der Waals surface area contributed by atoms with Crippen LogP contribution in [0.5, 0.6) is 0 Å². The number of aromatic nitrogens is 1. The molecule has 1 aliphatic heterocycles. The van der Waals surface area contributed by atoms with Crippen LogP contribution in [-0.4, -0.2) is 42.1 Å². The van der Waals surface area contributed by atoms with Crippen molar-refractivity contribution >= 4 is 17.4 Å². The number of carbonyl (C=O) groups is 1. The van der Waals surface area contributed by atoms with E-state index in [4.69, 9.17) is 5.26 Å². The lowest BCUT2D eigenvalue weighted by molar-refractivity contribution is 0.208. The molecular weight excluding hydrogens is 347 g/mol. The molecule has 2 amide bonds. The number of benzene rings is 1. The molecule has 6 nitrogen and oxygen atoms in total. The third kappa shape index (κ3) is 3.54. The van der Waals surface area contributed by atoms with Crippen molar-refractivity contribution in [2.24, 2.45) is 0 Å². The van der Waals surface area contributed by atoms with Gasteiger partial charge in [-0.2, -0.15) is 14.0 Å². The van der Waals surface area contributed by atoms with Crippen LogP contribution >= 0.6 is 0 Å². The van der Waals surface area contributed by atoms with Crippen LogP contribution in [0.4, 0.5) is 29.3 Å². The van der Waals surface area contributed by atoms with Gasteiger partial charge in [-0.05, 0) is 24.3 Å². The summed E-state index contributed by atoms with van der Waals surface area (Å²) in [5.41, 5.74) is 0.297. The monoisotopic (exact) mass is 361 g/mol. The van der Waals surface area contributed by atoms with Gasteiger partial charge in [0.1, 0.15) is 5.82 Å². The molecule has 1 aromatic heterocycles. The fraction of sp³-hybridized carbons (Fsp3) is 0.235. The van der Waals surface area contributed by atoms with Crippen molar-refractivity contribution in [1.82, 2.24) is 9.88 Å². The first-order valence-electron chi connectivity index (χ1n) is 7.80. The van der Waals surface area contributed by atoms with Gasteiger partial charge in [0, 0.05) is 32.4 Å². The highest BCUT2D eigenvalue weighted by atomic mass is 19.2. The minimum atomic E-state index is -1.29. The predicted molar refractivity (Wildman–Crippen MR) is 88.1 cm³/mol. The quantitative estimate of drug-likeness (QED) is 0.835. The fourth-order valence-corrected chi connectivity index (χ4v) is 2.69. The average Bonchev–Trinajstić information content (AvgIpc) is 2.65. The Morgan fingerprint density at radius 1 is 1.15 bits per heavy atom. The van der Waals surface area contributed by atoms with E-state index < -0.39 is 23.6 Å². The highest BCUT2D eigenvalue weighted by Gasteiger charge is 2.24. The molecule has 1 aliphatic rings. The van der Waals surface area contributed by atoms with Gasteiger partial charge >= 0.3 is 6.03 Å². The van der Waals surface area contributed by atoms with Gasteiger partial charge in [0.25, 0.3) is 5.95 Å². The number of carbonyl (C=O) groups excluding carboxylic acids is 1. The third-order valence-electron chi connectivity index (χ3n) is 4.07. The van der Waals surface area contributed by atoms with Crippen LogP contribution < -0.4 is 10.2 Å². The van der Waals surface area contributed by atoms with Crippen LogP contribution in [0.1, 0.15) is 5.56 Å². The van der Waals surface area contributed by atoms with Gasteiger partial charge in [-0.1, -0.05) is 0 Å². The Hall–Kier alpha value is -3.28. The van der Waals surface area contributed by atoms with E-state index in [-0.39, 0.29) is 24.3 Å². The molecule has 0 unspecified atom stereocenters. The molecule has 0 bridgehead atoms. The molecule has 0 radical (unpaired) electrons. The molecule has 9 heteroatoms. The van der Waals surface area contributed by atoms with E-state index >= 15 is 0 Å². The second-order valence-electron chi connectivity index (χ2n) is 5.65. The van der Waals surface area contributed by atoms with Gasteiger partial charge in [-0.3, -0.25) is 0 Å². The van der Waals surface area contributed by atoms with Gasteiger partial charge < -0.3 is 15.1 Å². The first-order chi connectivity index (χ1) is 12.5. The van der Waals surface area contributed by atoms with Crippen molar-refractivity contribution in [1.29, 1.82) is 5.26 Å². The number of hydrogen-bond acceptors (Lipinski definition) is 4. The number of nitrogens with zero attached hydrogens (tertiary/aromatic N) is 4. The maximum absolute atomic E-state index is 14.1. The smallest absolute Gasteiger partial charge is 0.322 e. The standard InChI is InChI=1S/C17H14F3N5O/c18-12-9-11(10-21)1-2-14(12)24-5-7-25(8-6-24)17(26)23-13-3-4-22-16(20)15(13)19/h1-4,9H,5-8H2,(H,22,23,26). The van der Waals surface area contributed by atoms with Crippen molar-refractivity contribution in [2.45, 2.75) is 0 Å². The number of rotatable bonds is 2. The third-order valence-corrected chi connectivity index (χ3v) is 4.07. The van der Waals surface area contributed by atoms with Gasteiger partial charge in [0.05, 0.1) is 23.0 Å². The maximum atomic E-state index is 14.1. The molecule has 1 N–H and O–H groups in total. The second kappa shape index (κ2) is 7.31. The van der Waals surface area contributed by atoms with Gasteiger partial charge in [-0.25, -0.2) is 14.2 Å². The van der Waals surface area contributed by atoms with Crippen molar-refractivity contribution in [3.63, 3.8) is 0 Å². The zero-order valence-corrected chi connectivity index (χ0v) is 13.5. The zero-order chi connectivity index (χ0) is 18.7. The molecule has 134 valence electrons. The van der Waals surface area contributed by atoms with Crippen LogP contribution in [0.15, 0.2) is 30.5 Å². The molecule has 1 fully saturated rings. The number of nitriles is 1. The van der Waals surface area contributed by atoms with Crippen LogP contribution in [0.3, 0.4) is 0 Å². The summed E-state index contributed by atoms with van der Waals surface area (Å²) in [4.78, 5) is 18.5. The summed E-state index contributed by atoms with van der Waals surface area (Å²) >= 11 is 0. The van der Waals surface area contributed by atoms with E-state index in [0.29, 0.717) is 18.8 Å². The van der Waals surface area contributed by atoms with Gasteiger partial charge in [-0.15, -0.1) is 0 Å². The summed E-state index contributed by atoms with van der Waals surface area (Å²) in [5, 5.41) is 11.1. The lowest BCUT2D eigenvalue weighted by Gasteiger charge is -2.36. The largest absolute Gasteiger partial charge is 0.366 e. The van der Waals surface area contributed by atoms with Crippen LogP contribution in [0, 0.1) is 28.9 Å². The highest BCUT2D eigenvalue weighted by molar-refractivity contribution is 5.89. The molecule has 26 heavy (non-hydrogen) atoms. The Bertz CT molecular complexity index is 875. The van der Waals surface area contributed by atoms with E-state index in [1.807, 2.05) is 6.07 Å². The first kappa shape index (κ1) is 17.5. The molecule has 0 spiro atoms. The fourth-order valence-electron chi connectivity index (χ4n) is 2.69. The first-order valence-corrected chi connectivity index (χ1v) is 7.80. The maximum Gasteiger partial charge on any atom is 0.322 e. The van der Waals surface area contributed by atoms with Crippen molar-refractivity contribution < 1.29 is 18.0 Å². The number of hydrogen-bond donors (Lipinski definition) is 1. The SMILES string of the molecule is N#Cc1ccc(N2CCN(C(=O)Nc3ccnc(F)c3F)CC2)c(F)c1. The second-order valence-corrected chi connectivity index (χ2v) is 5.65. The number of anilines is 2. The zero-order valence-electron chi connectivity index (χ0n) is 13.5. The summed E-state index contributed by atoms with van der Waals surface area (Å²) < 4.78 is 40.7. The van der Waals surface area contributed by atoms with Gasteiger partial charge in [0.2, 0.25) is 5.82 Å². The molecule has 2 aromatic rings. The number of piperazine rings is 1. The molecule has 0 aliphatic carbocycles. The summed E-state index contributed by atoms with van der Waals surface area (Å²) in [6.07, 6.45) is 1.06. The minimum absolute atomic E-state index is 0.232. The normalized spacial score (nSPS) is 14.1. The highest BCUT2D eigenvalue weighted by Crippen LogP contribution is 2.22. The van der Waals surface area contributed by atoms with E-state index in [2.05, 4.69) is 10.3 Å². The molecule has 0 saturated carbocycles. The molecule has 1 aromatic carbocycles. The Labute approximate surface area is 147 Å². The molecular formula is C17H14F3N5O. The topological polar surface area (TPSA) is 72.3 Å². The van der Waals surface area contributed by atoms with Crippen LogP contribution in [-0.2, 0) is 0 Å². The molecule has 3 rings (SSSR count). The number of pyridine rings is 1. The lowest BCUT2D eigenvalue weighted by atomic mass is 10.2. The number of nitrogens with one attached hydrogen (secondary N) is 1. The summed E-state index contributed by atoms with van der Waals surface area (Å²) in [6.45, 7) is 1.29. The van der Waals surface area contributed by atoms with Crippen LogP contribution in [0.2, 0.25) is 0 Å². The van der Waals surface area contributed by atoms with Crippen molar-refractivity contribution in [2.75, 3.05) is 36.4 Å². The number of halogens is 3. The predicted octanol–water partition coefficient (Wildman–Crippen LogP) is 2.72. The summed E-state index contributed by atoms with van der Waals surface area (Å²) in [6, 6.07) is 6.68. The minimum Gasteiger partial charge on any atom is -0.366 e. The van der Waals surface area contributed by atoms with E-state index in [1.165, 1.54) is 23.1 Å². The average molecular weight is 361 g/mol. The Kier molecular flexibility index (Phi) is 4.93. The molecule has 1 saturated heterocycles. The molecule has 2 heterocycles. The summed E-state index contributed by atoms with van der Waals surface area (Å²) in [7, 11) is 0. The van der Waals surface area contributed by atoms with E-state index in [9.17, 15) is 18.0 Å². The lowest BCUT2D eigenvalue weighted by Crippen LogP contribution is -2.50. The number of amides is 2. The Morgan fingerprint density at radius 3 is 2.54 bits per heavy atom. The Balaban J connectivity index is 1.62. The van der Waals surface area contributed by atoms with Crippen LogP contribution in [0.25, 0.3) is 0 Å². The van der Waals surface area contributed by atoms with Crippen molar-refractivity contribution in [3.8, 4) is 6.07 Å². The number of urea groups is 1. The van der Waals surface area contributed by atoms with E-state index in [1.54, 1.807) is 4.90 Å². The summed E-state index contributed by atoms with van der Waals surface area (Å²) in [5.74, 6) is -3.01. The van der Waals surface area contributed by atoms with Gasteiger partial charge in [0.15, 0.2) is 0 Å².